The molecule has 2 N–H and O–H groups in total. The number of aromatic amines is 1. The van der Waals surface area contributed by atoms with Crippen LogP contribution in [0.5, 0.6) is 0 Å². The van der Waals surface area contributed by atoms with Crippen LogP contribution in [-0.2, 0) is 24.7 Å². The molecule has 3 rings (SSSR count). The van der Waals surface area contributed by atoms with Gasteiger partial charge in [0.05, 0.1) is 17.3 Å². The lowest BCUT2D eigenvalue weighted by Gasteiger charge is -2.02. The fourth-order valence-electron chi connectivity index (χ4n) is 2.35. The first-order chi connectivity index (χ1) is 10.2. The van der Waals surface area contributed by atoms with E-state index in [9.17, 15) is 4.79 Å². The topological polar surface area (TPSA) is 88.7 Å². The number of carbonyl (C=O) groups excluding carboxylic acids is 1. The molecule has 0 radical (unpaired) electrons. The fourth-order valence-corrected chi connectivity index (χ4v) is 2.35. The van der Waals surface area contributed by atoms with Crippen molar-refractivity contribution in [3.05, 3.63) is 29.9 Å². The number of nitrogens with one attached hydrogen (secondary N) is 2. The Hall–Kier alpha value is -2.57. The summed E-state index contributed by atoms with van der Waals surface area (Å²) >= 11 is 0. The van der Waals surface area contributed by atoms with E-state index < -0.39 is 0 Å². The van der Waals surface area contributed by atoms with Crippen molar-refractivity contribution in [1.82, 2.24) is 20.0 Å². The third kappa shape index (κ3) is 2.54. The number of H-pyrrole nitrogens is 1. The van der Waals surface area contributed by atoms with Crippen molar-refractivity contribution in [2.24, 2.45) is 7.05 Å². The summed E-state index contributed by atoms with van der Waals surface area (Å²) in [6, 6.07) is 3.67. The van der Waals surface area contributed by atoms with Crippen molar-refractivity contribution < 1.29 is 9.21 Å². The number of hydrogen-bond acceptors (Lipinski definition) is 4. The van der Waals surface area contributed by atoms with Gasteiger partial charge >= 0.3 is 0 Å². The summed E-state index contributed by atoms with van der Waals surface area (Å²) in [6.45, 7) is 2.03. The number of anilines is 1. The molecule has 0 aliphatic carbocycles. The number of aromatic nitrogens is 4. The first kappa shape index (κ1) is 13.4. The summed E-state index contributed by atoms with van der Waals surface area (Å²) in [7, 11) is 1.84. The number of hydrogen-bond donors (Lipinski definition) is 2. The van der Waals surface area contributed by atoms with Crippen LogP contribution in [0.4, 0.5) is 5.82 Å². The third-order valence-electron chi connectivity index (χ3n) is 3.39. The lowest BCUT2D eigenvalue weighted by molar-refractivity contribution is -0.116. The minimum atomic E-state index is -0.0807. The monoisotopic (exact) mass is 287 g/mol. The average Bonchev–Trinajstić information content (AvgIpc) is 3.17. The molecule has 0 aromatic carbocycles. The second-order valence-corrected chi connectivity index (χ2v) is 4.85. The van der Waals surface area contributed by atoms with Crippen LogP contribution in [0.2, 0.25) is 0 Å². The summed E-state index contributed by atoms with van der Waals surface area (Å²) in [5, 5.41) is 15.2. The molecule has 0 saturated heterocycles. The summed E-state index contributed by atoms with van der Waals surface area (Å²) < 4.78 is 6.93. The average molecular weight is 287 g/mol. The Kier molecular flexibility index (Phi) is 3.47. The van der Waals surface area contributed by atoms with Crippen LogP contribution in [0, 0.1) is 0 Å². The molecular formula is C14H17N5O2. The minimum absolute atomic E-state index is 0.0807. The van der Waals surface area contributed by atoms with E-state index >= 15 is 0 Å². The third-order valence-corrected chi connectivity index (χ3v) is 3.39. The molecule has 7 nitrogen and oxygen atoms in total. The van der Waals surface area contributed by atoms with Crippen LogP contribution >= 0.6 is 0 Å². The van der Waals surface area contributed by atoms with Crippen LogP contribution in [0.3, 0.4) is 0 Å². The van der Waals surface area contributed by atoms with Gasteiger partial charge in [0.1, 0.15) is 11.6 Å². The van der Waals surface area contributed by atoms with Gasteiger partial charge in [0, 0.05) is 19.9 Å². The number of amides is 1. The van der Waals surface area contributed by atoms with E-state index in [1.165, 1.54) is 0 Å². The van der Waals surface area contributed by atoms with Gasteiger partial charge < -0.3 is 9.73 Å². The number of carbonyl (C=O) groups is 1. The maximum atomic E-state index is 12.0. The Morgan fingerprint density at radius 3 is 3.10 bits per heavy atom. The highest BCUT2D eigenvalue weighted by atomic mass is 16.3. The molecule has 0 spiro atoms. The molecule has 3 heterocycles. The zero-order chi connectivity index (χ0) is 14.8. The molecule has 0 aliphatic rings. The quantitative estimate of drug-likeness (QED) is 0.751. The second kappa shape index (κ2) is 5.43. The van der Waals surface area contributed by atoms with Crippen molar-refractivity contribution in [2.75, 3.05) is 5.32 Å². The van der Waals surface area contributed by atoms with E-state index in [0.717, 1.165) is 28.9 Å². The Morgan fingerprint density at radius 1 is 1.52 bits per heavy atom. The van der Waals surface area contributed by atoms with Crippen molar-refractivity contribution in [3.8, 4) is 0 Å². The smallest absolute Gasteiger partial charge is 0.225 e. The van der Waals surface area contributed by atoms with Gasteiger partial charge in [-0.2, -0.15) is 10.2 Å². The van der Waals surface area contributed by atoms with Crippen LogP contribution < -0.4 is 5.32 Å². The maximum Gasteiger partial charge on any atom is 0.225 e. The van der Waals surface area contributed by atoms with Gasteiger partial charge in [0.15, 0.2) is 5.65 Å². The molecule has 7 heteroatoms. The Bertz CT molecular complexity index is 754. The van der Waals surface area contributed by atoms with Gasteiger partial charge in [0.2, 0.25) is 5.91 Å². The van der Waals surface area contributed by atoms with Crippen molar-refractivity contribution in [3.63, 3.8) is 0 Å². The zero-order valence-electron chi connectivity index (χ0n) is 12.0. The lowest BCUT2D eigenvalue weighted by Crippen LogP contribution is -2.13. The van der Waals surface area contributed by atoms with Crippen molar-refractivity contribution in [2.45, 2.75) is 26.2 Å². The SMILES string of the molecule is CCc1nn(C)c2n[nH]c(NC(=O)CCc3ccco3)c12. The van der Waals surface area contributed by atoms with Gasteiger partial charge in [-0.15, -0.1) is 0 Å². The molecule has 0 unspecified atom stereocenters. The molecule has 0 saturated carbocycles. The van der Waals surface area contributed by atoms with Crippen LogP contribution in [0.15, 0.2) is 22.8 Å². The molecule has 0 atom stereocenters. The predicted molar refractivity (Wildman–Crippen MR) is 77.9 cm³/mol. The Balaban J connectivity index is 1.74. The Labute approximate surface area is 121 Å². The summed E-state index contributed by atoms with van der Waals surface area (Å²) in [6.07, 6.45) is 3.32. The summed E-state index contributed by atoms with van der Waals surface area (Å²) in [5.41, 5.74) is 1.66. The number of nitrogens with zero attached hydrogens (tertiary/aromatic N) is 3. The predicted octanol–water partition coefficient (Wildman–Crippen LogP) is 2.02. The largest absolute Gasteiger partial charge is 0.469 e. The van der Waals surface area contributed by atoms with Gasteiger partial charge in [-0.05, 0) is 18.6 Å². The normalized spacial score (nSPS) is 11.1. The number of rotatable bonds is 5. The van der Waals surface area contributed by atoms with Crippen LogP contribution in [-0.4, -0.2) is 25.9 Å². The number of fused-ring (bicyclic) bond motifs is 1. The van der Waals surface area contributed by atoms with Crippen LogP contribution in [0.25, 0.3) is 11.0 Å². The summed E-state index contributed by atoms with van der Waals surface area (Å²) in [4.78, 5) is 12.0. The van der Waals surface area contributed by atoms with E-state index in [1.807, 2.05) is 26.1 Å². The van der Waals surface area contributed by atoms with E-state index in [1.54, 1.807) is 10.9 Å². The number of furan rings is 1. The minimum Gasteiger partial charge on any atom is -0.469 e. The molecule has 21 heavy (non-hydrogen) atoms. The molecule has 0 fully saturated rings. The molecule has 0 aliphatic heterocycles. The second-order valence-electron chi connectivity index (χ2n) is 4.85. The zero-order valence-corrected chi connectivity index (χ0v) is 12.0. The highest BCUT2D eigenvalue weighted by Crippen LogP contribution is 2.24. The van der Waals surface area contributed by atoms with E-state index in [0.29, 0.717) is 18.7 Å². The highest BCUT2D eigenvalue weighted by Gasteiger charge is 2.16. The number of aryl methyl sites for hydroxylation is 3. The summed E-state index contributed by atoms with van der Waals surface area (Å²) in [5.74, 6) is 1.33. The van der Waals surface area contributed by atoms with Crippen molar-refractivity contribution >= 4 is 22.8 Å². The first-order valence-electron chi connectivity index (χ1n) is 6.91. The highest BCUT2D eigenvalue weighted by molar-refractivity contribution is 5.99. The molecule has 0 bridgehead atoms. The Morgan fingerprint density at radius 2 is 2.38 bits per heavy atom. The van der Waals surface area contributed by atoms with E-state index in [-0.39, 0.29) is 5.91 Å². The molecule has 3 aromatic heterocycles. The van der Waals surface area contributed by atoms with Gasteiger partial charge in [-0.3, -0.25) is 9.89 Å². The molecular weight excluding hydrogens is 270 g/mol. The van der Waals surface area contributed by atoms with Gasteiger partial charge in [0.25, 0.3) is 0 Å². The fraction of sp³-hybridized carbons (Fsp3) is 0.357. The van der Waals surface area contributed by atoms with E-state index in [2.05, 4.69) is 20.6 Å². The van der Waals surface area contributed by atoms with Gasteiger partial charge in [-0.1, -0.05) is 6.92 Å². The van der Waals surface area contributed by atoms with Gasteiger partial charge in [-0.25, -0.2) is 4.68 Å². The first-order valence-corrected chi connectivity index (χ1v) is 6.91. The van der Waals surface area contributed by atoms with Crippen LogP contribution in [0.1, 0.15) is 24.8 Å². The van der Waals surface area contributed by atoms with Crippen molar-refractivity contribution in [1.29, 1.82) is 0 Å². The maximum absolute atomic E-state index is 12.0. The lowest BCUT2D eigenvalue weighted by atomic mass is 10.2. The molecule has 3 aromatic rings. The van der Waals surface area contributed by atoms with E-state index in [4.69, 9.17) is 4.42 Å². The standard InChI is InChI=1S/C14H17N5O2/c1-3-10-12-13(16-17-14(12)19(2)18-10)15-11(20)7-6-9-5-4-8-21-9/h4-5,8H,3,6-7H2,1-2H3,(H2,15,16,17,20). The molecule has 110 valence electrons. The molecule has 1 amide bonds.